The summed E-state index contributed by atoms with van der Waals surface area (Å²) in [4.78, 5) is 16.0. The Morgan fingerprint density at radius 3 is 2.90 bits per heavy atom. The first-order chi connectivity index (χ1) is 9.67. The summed E-state index contributed by atoms with van der Waals surface area (Å²) in [6.45, 7) is 1.97. The third-order valence-corrected chi connectivity index (χ3v) is 2.96. The van der Waals surface area contributed by atoms with E-state index < -0.39 is 0 Å². The van der Waals surface area contributed by atoms with E-state index in [0.29, 0.717) is 18.7 Å². The van der Waals surface area contributed by atoms with Crippen LogP contribution in [0.25, 0.3) is 0 Å². The number of ether oxygens (including phenoxy) is 1. The van der Waals surface area contributed by atoms with Gasteiger partial charge in [-0.1, -0.05) is 12.1 Å². The molecular weight excluding hydrogens is 252 g/mol. The number of methoxy groups -OCH3 is 1. The molecule has 2 rings (SSSR count). The number of carbonyl (C=O) groups is 1. The quantitative estimate of drug-likeness (QED) is 0.908. The number of rotatable bonds is 5. The van der Waals surface area contributed by atoms with Crippen LogP contribution in [0.15, 0.2) is 42.6 Å². The topological polar surface area (TPSA) is 51.2 Å². The lowest BCUT2D eigenvalue weighted by molar-refractivity contribution is -0.116. The Morgan fingerprint density at radius 2 is 2.15 bits per heavy atom. The SMILES string of the molecule is COc1cccc(CCC(=O)Nc2cc(C)ccn2)c1. The van der Waals surface area contributed by atoms with E-state index in [1.807, 2.05) is 43.3 Å². The van der Waals surface area contributed by atoms with Gasteiger partial charge in [-0.05, 0) is 48.7 Å². The number of carbonyl (C=O) groups excluding carboxylic acids is 1. The molecule has 0 aliphatic carbocycles. The fourth-order valence-electron chi connectivity index (χ4n) is 1.90. The van der Waals surface area contributed by atoms with E-state index >= 15 is 0 Å². The van der Waals surface area contributed by atoms with Gasteiger partial charge in [0, 0.05) is 12.6 Å². The number of aryl methyl sites for hydroxylation is 2. The van der Waals surface area contributed by atoms with Crippen molar-refractivity contribution in [2.24, 2.45) is 0 Å². The lowest BCUT2D eigenvalue weighted by Gasteiger charge is -2.06. The standard InChI is InChI=1S/C16H18N2O2/c1-12-8-9-17-15(10-12)18-16(19)7-6-13-4-3-5-14(11-13)20-2/h3-5,8-11H,6-7H2,1-2H3,(H,17,18,19). The summed E-state index contributed by atoms with van der Waals surface area (Å²) >= 11 is 0. The second kappa shape index (κ2) is 6.70. The molecule has 104 valence electrons. The highest BCUT2D eigenvalue weighted by Crippen LogP contribution is 2.14. The van der Waals surface area contributed by atoms with Crippen LogP contribution in [0.1, 0.15) is 17.5 Å². The zero-order valence-corrected chi connectivity index (χ0v) is 11.7. The first kappa shape index (κ1) is 14.1. The van der Waals surface area contributed by atoms with Gasteiger partial charge in [0.1, 0.15) is 11.6 Å². The van der Waals surface area contributed by atoms with E-state index in [-0.39, 0.29) is 5.91 Å². The molecule has 0 atom stereocenters. The Bertz CT molecular complexity index is 597. The number of aromatic nitrogens is 1. The monoisotopic (exact) mass is 270 g/mol. The molecule has 20 heavy (non-hydrogen) atoms. The van der Waals surface area contributed by atoms with Gasteiger partial charge in [-0.25, -0.2) is 4.98 Å². The molecule has 1 aromatic heterocycles. The van der Waals surface area contributed by atoms with Gasteiger partial charge in [-0.15, -0.1) is 0 Å². The van der Waals surface area contributed by atoms with E-state index in [4.69, 9.17) is 4.74 Å². The van der Waals surface area contributed by atoms with Crippen LogP contribution < -0.4 is 10.1 Å². The highest BCUT2D eigenvalue weighted by molar-refractivity contribution is 5.89. The molecule has 1 N–H and O–H groups in total. The number of nitrogens with zero attached hydrogens (tertiary/aromatic N) is 1. The summed E-state index contributed by atoms with van der Waals surface area (Å²) in [6, 6.07) is 11.5. The Kier molecular flexibility index (Phi) is 4.71. The number of amides is 1. The van der Waals surface area contributed by atoms with Crippen molar-refractivity contribution in [1.82, 2.24) is 4.98 Å². The molecule has 0 fully saturated rings. The van der Waals surface area contributed by atoms with Crippen LogP contribution in [-0.4, -0.2) is 18.0 Å². The van der Waals surface area contributed by atoms with Gasteiger partial charge >= 0.3 is 0 Å². The molecule has 1 heterocycles. The van der Waals surface area contributed by atoms with Gasteiger partial charge in [-0.3, -0.25) is 4.79 Å². The van der Waals surface area contributed by atoms with Crippen molar-refractivity contribution in [2.45, 2.75) is 19.8 Å². The van der Waals surface area contributed by atoms with Gasteiger partial charge in [0.25, 0.3) is 0 Å². The minimum atomic E-state index is -0.0362. The first-order valence-corrected chi connectivity index (χ1v) is 6.53. The highest BCUT2D eigenvalue weighted by atomic mass is 16.5. The number of hydrogen-bond donors (Lipinski definition) is 1. The Hall–Kier alpha value is -2.36. The van der Waals surface area contributed by atoms with E-state index in [2.05, 4.69) is 10.3 Å². The van der Waals surface area contributed by atoms with Crippen molar-refractivity contribution in [2.75, 3.05) is 12.4 Å². The Balaban J connectivity index is 1.88. The molecule has 0 saturated carbocycles. The molecule has 0 aliphatic rings. The average Bonchev–Trinajstić information content (AvgIpc) is 2.45. The number of anilines is 1. The summed E-state index contributed by atoms with van der Waals surface area (Å²) in [7, 11) is 1.63. The molecule has 0 radical (unpaired) electrons. The minimum Gasteiger partial charge on any atom is -0.497 e. The van der Waals surface area contributed by atoms with Crippen LogP contribution in [0.5, 0.6) is 5.75 Å². The van der Waals surface area contributed by atoms with E-state index in [9.17, 15) is 4.79 Å². The highest BCUT2D eigenvalue weighted by Gasteiger charge is 2.04. The zero-order chi connectivity index (χ0) is 14.4. The van der Waals surface area contributed by atoms with Crippen molar-refractivity contribution in [1.29, 1.82) is 0 Å². The maximum absolute atomic E-state index is 11.9. The molecule has 0 saturated heterocycles. The summed E-state index contributed by atoms with van der Waals surface area (Å²) in [6.07, 6.45) is 2.78. The minimum absolute atomic E-state index is 0.0362. The molecular formula is C16H18N2O2. The van der Waals surface area contributed by atoms with Gasteiger partial charge in [0.05, 0.1) is 7.11 Å². The fraction of sp³-hybridized carbons (Fsp3) is 0.250. The van der Waals surface area contributed by atoms with Crippen LogP contribution in [0, 0.1) is 6.92 Å². The van der Waals surface area contributed by atoms with Crippen molar-refractivity contribution < 1.29 is 9.53 Å². The van der Waals surface area contributed by atoms with Crippen molar-refractivity contribution >= 4 is 11.7 Å². The lowest BCUT2D eigenvalue weighted by atomic mass is 10.1. The predicted octanol–water partition coefficient (Wildman–Crippen LogP) is 2.97. The van der Waals surface area contributed by atoms with E-state index in [0.717, 1.165) is 16.9 Å². The van der Waals surface area contributed by atoms with Gasteiger partial charge in [-0.2, -0.15) is 0 Å². The second-order valence-electron chi connectivity index (χ2n) is 4.62. The van der Waals surface area contributed by atoms with Crippen LogP contribution in [0.2, 0.25) is 0 Å². The normalized spacial score (nSPS) is 10.1. The van der Waals surface area contributed by atoms with E-state index in [1.165, 1.54) is 0 Å². The van der Waals surface area contributed by atoms with Crippen LogP contribution in [0.4, 0.5) is 5.82 Å². The molecule has 0 spiro atoms. The van der Waals surface area contributed by atoms with Gasteiger partial charge < -0.3 is 10.1 Å². The zero-order valence-electron chi connectivity index (χ0n) is 11.7. The third kappa shape index (κ3) is 4.09. The summed E-state index contributed by atoms with van der Waals surface area (Å²) in [5, 5.41) is 2.80. The van der Waals surface area contributed by atoms with Crippen molar-refractivity contribution in [3.05, 3.63) is 53.7 Å². The first-order valence-electron chi connectivity index (χ1n) is 6.53. The number of pyridine rings is 1. The molecule has 0 bridgehead atoms. The smallest absolute Gasteiger partial charge is 0.225 e. The van der Waals surface area contributed by atoms with Crippen molar-refractivity contribution in [3.8, 4) is 5.75 Å². The third-order valence-electron chi connectivity index (χ3n) is 2.96. The summed E-state index contributed by atoms with van der Waals surface area (Å²) < 4.78 is 5.16. The lowest BCUT2D eigenvalue weighted by Crippen LogP contribution is -2.13. The molecule has 1 amide bonds. The molecule has 2 aromatic rings. The van der Waals surface area contributed by atoms with Gasteiger partial charge in [0.15, 0.2) is 0 Å². The van der Waals surface area contributed by atoms with E-state index in [1.54, 1.807) is 13.3 Å². The maximum atomic E-state index is 11.9. The Labute approximate surface area is 118 Å². The fourth-order valence-corrected chi connectivity index (χ4v) is 1.90. The maximum Gasteiger partial charge on any atom is 0.225 e. The average molecular weight is 270 g/mol. The Morgan fingerprint density at radius 1 is 1.30 bits per heavy atom. The van der Waals surface area contributed by atoms with Crippen LogP contribution in [-0.2, 0) is 11.2 Å². The number of nitrogens with one attached hydrogen (secondary N) is 1. The molecule has 0 unspecified atom stereocenters. The van der Waals surface area contributed by atoms with Crippen molar-refractivity contribution in [3.63, 3.8) is 0 Å². The number of benzene rings is 1. The largest absolute Gasteiger partial charge is 0.497 e. The second-order valence-corrected chi connectivity index (χ2v) is 4.62. The number of hydrogen-bond acceptors (Lipinski definition) is 3. The molecule has 4 nitrogen and oxygen atoms in total. The molecule has 0 aliphatic heterocycles. The predicted molar refractivity (Wildman–Crippen MR) is 78.9 cm³/mol. The molecule has 1 aromatic carbocycles. The van der Waals surface area contributed by atoms with Crippen LogP contribution >= 0.6 is 0 Å². The van der Waals surface area contributed by atoms with Gasteiger partial charge in [0.2, 0.25) is 5.91 Å². The summed E-state index contributed by atoms with van der Waals surface area (Å²) in [5.74, 6) is 1.37. The summed E-state index contributed by atoms with van der Waals surface area (Å²) in [5.41, 5.74) is 2.15. The van der Waals surface area contributed by atoms with Crippen LogP contribution in [0.3, 0.4) is 0 Å². The molecule has 4 heteroatoms.